The van der Waals surface area contributed by atoms with Crippen molar-refractivity contribution in [3.05, 3.63) is 0 Å². The first-order valence-electron chi connectivity index (χ1n) is 5.61. The van der Waals surface area contributed by atoms with Crippen molar-refractivity contribution in [1.29, 1.82) is 0 Å². The first-order valence-corrected chi connectivity index (χ1v) is 5.61. The van der Waals surface area contributed by atoms with Gasteiger partial charge in [-0.1, -0.05) is 6.42 Å². The molecule has 2 rings (SSSR count). The molecule has 13 heavy (non-hydrogen) atoms. The molecule has 1 saturated carbocycles. The van der Waals surface area contributed by atoms with Crippen LogP contribution >= 0.6 is 0 Å². The molecule has 2 nitrogen and oxygen atoms in total. The minimum Gasteiger partial charge on any atom is -0.303 e. The van der Waals surface area contributed by atoms with Crippen molar-refractivity contribution in [2.45, 2.75) is 38.5 Å². The van der Waals surface area contributed by atoms with E-state index in [1.165, 1.54) is 32.4 Å². The second-order valence-electron chi connectivity index (χ2n) is 4.39. The predicted octanol–water partition coefficient (Wildman–Crippen LogP) is 1.84. The Bertz CT molecular complexity index is 185. The molecule has 1 aliphatic carbocycles. The summed E-state index contributed by atoms with van der Waals surface area (Å²) in [5, 5.41) is 0. The topological polar surface area (TPSA) is 20.3 Å². The standard InChI is InChI=1S/C11H19NO/c13-11-5-4-10(11)6-9-12-7-2-1-3-8-12/h10H,1-9H2. The molecule has 2 fully saturated rings. The van der Waals surface area contributed by atoms with E-state index < -0.39 is 0 Å². The van der Waals surface area contributed by atoms with Crippen LogP contribution in [0.4, 0.5) is 0 Å². The van der Waals surface area contributed by atoms with Crippen molar-refractivity contribution < 1.29 is 4.79 Å². The van der Waals surface area contributed by atoms with Crippen LogP contribution in [0, 0.1) is 5.92 Å². The minimum absolute atomic E-state index is 0.432. The average molecular weight is 181 g/mol. The minimum atomic E-state index is 0.432. The summed E-state index contributed by atoms with van der Waals surface area (Å²) in [6.07, 6.45) is 7.26. The maximum Gasteiger partial charge on any atom is 0.136 e. The van der Waals surface area contributed by atoms with Gasteiger partial charge in [0.15, 0.2) is 0 Å². The fourth-order valence-corrected chi connectivity index (χ4v) is 2.29. The molecule has 2 heteroatoms. The smallest absolute Gasteiger partial charge is 0.136 e. The van der Waals surface area contributed by atoms with E-state index in [-0.39, 0.29) is 0 Å². The summed E-state index contributed by atoms with van der Waals surface area (Å²) in [6.45, 7) is 3.69. The number of ketones is 1. The van der Waals surface area contributed by atoms with Gasteiger partial charge in [0.05, 0.1) is 0 Å². The molecule has 0 aromatic rings. The Morgan fingerprint density at radius 1 is 1.23 bits per heavy atom. The highest BCUT2D eigenvalue weighted by molar-refractivity contribution is 5.86. The van der Waals surface area contributed by atoms with Gasteiger partial charge in [-0.05, 0) is 45.3 Å². The van der Waals surface area contributed by atoms with Gasteiger partial charge in [-0.15, -0.1) is 0 Å². The molecule has 0 aromatic carbocycles. The van der Waals surface area contributed by atoms with Crippen LogP contribution in [0.15, 0.2) is 0 Å². The number of hydrogen-bond donors (Lipinski definition) is 0. The third kappa shape index (κ3) is 2.31. The molecular formula is C11H19NO. The zero-order valence-electron chi connectivity index (χ0n) is 8.30. The van der Waals surface area contributed by atoms with Crippen molar-refractivity contribution >= 4 is 5.78 Å². The largest absolute Gasteiger partial charge is 0.303 e. The lowest BCUT2D eigenvalue weighted by Gasteiger charge is -2.30. The van der Waals surface area contributed by atoms with E-state index in [1.807, 2.05) is 0 Å². The van der Waals surface area contributed by atoms with Gasteiger partial charge < -0.3 is 4.90 Å². The average Bonchev–Trinajstić information content (AvgIpc) is 2.17. The summed E-state index contributed by atoms with van der Waals surface area (Å²) in [5.74, 6) is 0.943. The zero-order chi connectivity index (χ0) is 9.10. The Morgan fingerprint density at radius 3 is 2.54 bits per heavy atom. The fourth-order valence-electron chi connectivity index (χ4n) is 2.29. The van der Waals surface area contributed by atoms with Crippen molar-refractivity contribution in [3.63, 3.8) is 0 Å². The number of rotatable bonds is 3. The molecule has 1 atom stereocenters. The van der Waals surface area contributed by atoms with Crippen LogP contribution in [0.25, 0.3) is 0 Å². The van der Waals surface area contributed by atoms with Gasteiger partial charge in [0, 0.05) is 12.3 Å². The molecule has 1 saturated heterocycles. The Labute approximate surface area is 80.3 Å². The molecule has 2 aliphatic rings. The highest BCUT2D eigenvalue weighted by Crippen LogP contribution is 2.26. The van der Waals surface area contributed by atoms with E-state index in [9.17, 15) is 4.79 Å². The lowest BCUT2D eigenvalue weighted by Crippen LogP contribution is -2.34. The molecule has 0 N–H and O–H groups in total. The third-order valence-electron chi connectivity index (χ3n) is 3.44. The monoisotopic (exact) mass is 181 g/mol. The van der Waals surface area contributed by atoms with Gasteiger partial charge >= 0.3 is 0 Å². The SMILES string of the molecule is O=C1CCC1CCN1CCCCC1. The summed E-state index contributed by atoms with van der Waals surface area (Å²) in [7, 11) is 0. The first kappa shape index (κ1) is 9.20. The summed E-state index contributed by atoms with van der Waals surface area (Å²) in [4.78, 5) is 13.6. The van der Waals surface area contributed by atoms with Gasteiger partial charge in [-0.25, -0.2) is 0 Å². The first-order chi connectivity index (χ1) is 6.36. The number of nitrogens with zero attached hydrogens (tertiary/aromatic N) is 1. The van der Waals surface area contributed by atoms with Crippen LogP contribution in [0.2, 0.25) is 0 Å². The molecule has 0 spiro atoms. The van der Waals surface area contributed by atoms with Crippen molar-refractivity contribution in [2.75, 3.05) is 19.6 Å². The van der Waals surface area contributed by atoms with Gasteiger partial charge in [0.2, 0.25) is 0 Å². The van der Waals surface area contributed by atoms with E-state index in [0.29, 0.717) is 11.7 Å². The second-order valence-corrected chi connectivity index (χ2v) is 4.39. The summed E-state index contributed by atoms with van der Waals surface area (Å²) >= 11 is 0. The van der Waals surface area contributed by atoms with E-state index in [4.69, 9.17) is 0 Å². The zero-order valence-corrected chi connectivity index (χ0v) is 8.30. The third-order valence-corrected chi connectivity index (χ3v) is 3.44. The maximum atomic E-state index is 11.1. The fraction of sp³-hybridized carbons (Fsp3) is 0.909. The van der Waals surface area contributed by atoms with Crippen LogP contribution < -0.4 is 0 Å². The van der Waals surface area contributed by atoms with Crippen LogP contribution in [-0.4, -0.2) is 30.3 Å². The lowest BCUT2D eigenvalue weighted by molar-refractivity contribution is -0.129. The predicted molar refractivity (Wildman–Crippen MR) is 52.6 cm³/mol. The quantitative estimate of drug-likeness (QED) is 0.662. The summed E-state index contributed by atoms with van der Waals surface area (Å²) < 4.78 is 0. The number of carbonyl (C=O) groups is 1. The molecule has 1 unspecified atom stereocenters. The van der Waals surface area contributed by atoms with Crippen molar-refractivity contribution in [1.82, 2.24) is 4.90 Å². The maximum absolute atomic E-state index is 11.1. The van der Waals surface area contributed by atoms with E-state index in [0.717, 1.165) is 25.8 Å². The van der Waals surface area contributed by atoms with Crippen molar-refractivity contribution in [2.24, 2.45) is 5.92 Å². The van der Waals surface area contributed by atoms with Gasteiger partial charge in [0.1, 0.15) is 5.78 Å². The molecule has 74 valence electrons. The van der Waals surface area contributed by atoms with Crippen LogP contribution in [0.5, 0.6) is 0 Å². The molecule has 1 heterocycles. The van der Waals surface area contributed by atoms with Gasteiger partial charge in [-0.3, -0.25) is 4.79 Å². The number of hydrogen-bond acceptors (Lipinski definition) is 2. The normalized spacial score (nSPS) is 30.2. The lowest BCUT2D eigenvalue weighted by atomic mass is 9.81. The molecule has 1 aliphatic heterocycles. The molecule has 0 radical (unpaired) electrons. The summed E-state index contributed by atoms with van der Waals surface area (Å²) in [5.41, 5.74) is 0. The number of piperidine rings is 1. The molecule has 0 aromatic heterocycles. The Balaban J connectivity index is 1.63. The molecular weight excluding hydrogens is 162 g/mol. The molecule has 0 amide bonds. The van der Waals surface area contributed by atoms with Gasteiger partial charge in [-0.2, -0.15) is 0 Å². The van der Waals surface area contributed by atoms with Crippen LogP contribution in [0.3, 0.4) is 0 Å². The van der Waals surface area contributed by atoms with E-state index in [1.54, 1.807) is 0 Å². The van der Waals surface area contributed by atoms with Crippen molar-refractivity contribution in [3.8, 4) is 0 Å². The van der Waals surface area contributed by atoms with Crippen LogP contribution in [-0.2, 0) is 4.79 Å². The second kappa shape index (κ2) is 4.23. The highest BCUT2D eigenvalue weighted by Gasteiger charge is 2.27. The number of Topliss-reactive ketones (excluding diaryl/α,β-unsaturated/α-hetero) is 1. The Hall–Kier alpha value is -0.370. The highest BCUT2D eigenvalue weighted by atomic mass is 16.1. The van der Waals surface area contributed by atoms with E-state index >= 15 is 0 Å². The molecule has 0 bridgehead atoms. The number of likely N-dealkylation sites (tertiary alicyclic amines) is 1. The summed E-state index contributed by atoms with van der Waals surface area (Å²) in [6, 6.07) is 0. The van der Waals surface area contributed by atoms with Crippen LogP contribution in [0.1, 0.15) is 38.5 Å². The Morgan fingerprint density at radius 2 is 2.00 bits per heavy atom. The van der Waals surface area contributed by atoms with E-state index in [2.05, 4.69) is 4.90 Å². The Kier molecular flexibility index (Phi) is 2.99. The van der Waals surface area contributed by atoms with Gasteiger partial charge in [0.25, 0.3) is 0 Å². The number of carbonyl (C=O) groups excluding carboxylic acids is 1.